The van der Waals surface area contributed by atoms with E-state index in [4.69, 9.17) is 5.11 Å². The van der Waals surface area contributed by atoms with Gasteiger partial charge < -0.3 is 10.3 Å². The Balaban J connectivity index is 2.31. The normalized spacial score (nSPS) is 10.0. The van der Waals surface area contributed by atoms with Crippen LogP contribution in [0, 0.1) is 5.21 Å². The molecule has 0 aliphatic carbocycles. The second-order valence-corrected chi connectivity index (χ2v) is 3.12. The molecule has 0 spiro atoms. The van der Waals surface area contributed by atoms with E-state index < -0.39 is 5.97 Å². The Hall–Kier alpha value is -1.58. The van der Waals surface area contributed by atoms with Crippen LogP contribution in [0.5, 0.6) is 0 Å². The van der Waals surface area contributed by atoms with Crippen LogP contribution in [0.15, 0.2) is 24.4 Å². The molecule has 4 nitrogen and oxygen atoms in total. The highest BCUT2D eigenvalue weighted by Gasteiger charge is 2.03. The third-order valence-corrected chi connectivity index (χ3v) is 1.98. The standard InChI is InChI=1S/C10H13NO3/c12-10(13)7-2-1-5-9-6-3-4-8-11(9)14/h3-4,6,8H,1-2,5,7H2,(H,12,13). The number of carboxylic acid groups (broad SMARTS) is 1. The lowest BCUT2D eigenvalue weighted by molar-refractivity contribution is -0.614. The molecule has 0 unspecified atom stereocenters. The van der Waals surface area contributed by atoms with E-state index in [1.54, 1.807) is 18.2 Å². The van der Waals surface area contributed by atoms with Crippen LogP contribution < -0.4 is 4.73 Å². The third kappa shape index (κ3) is 3.43. The lowest BCUT2D eigenvalue weighted by Gasteiger charge is -2.02. The topological polar surface area (TPSA) is 64.2 Å². The number of aryl methyl sites for hydroxylation is 1. The number of aromatic nitrogens is 1. The maximum Gasteiger partial charge on any atom is 0.303 e. The second kappa shape index (κ2) is 5.21. The Morgan fingerprint density at radius 1 is 1.43 bits per heavy atom. The zero-order valence-corrected chi connectivity index (χ0v) is 7.85. The lowest BCUT2D eigenvalue weighted by Crippen LogP contribution is -2.30. The molecular formula is C10H13NO3. The largest absolute Gasteiger partial charge is 0.619 e. The molecule has 0 bridgehead atoms. The second-order valence-electron chi connectivity index (χ2n) is 3.12. The van der Waals surface area contributed by atoms with E-state index in [0.717, 1.165) is 11.2 Å². The molecule has 4 heteroatoms. The van der Waals surface area contributed by atoms with Gasteiger partial charge in [-0.25, -0.2) is 0 Å². The van der Waals surface area contributed by atoms with Crippen molar-refractivity contribution in [2.75, 3.05) is 0 Å². The van der Waals surface area contributed by atoms with Crippen molar-refractivity contribution in [1.29, 1.82) is 0 Å². The summed E-state index contributed by atoms with van der Waals surface area (Å²) in [6, 6.07) is 5.24. The van der Waals surface area contributed by atoms with E-state index in [-0.39, 0.29) is 6.42 Å². The van der Waals surface area contributed by atoms with Gasteiger partial charge in [0, 0.05) is 25.0 Å². The van der Waals surface area contributed by atoms with Gasteiger partial charge in [-0.05, 0) is 12.8 Å². The molecule has 0 aliphatic rings. The van der Waals surface area contributed by atoms with E-state index in [1.807, 2.05) is 0 Å². The summed E-state index contributed by atoms with van der Waals surface area (Å²) < 4.78 is 0.820. The van der Waals surface area contributed by atoms with E-state index >= 15 is 0 Å². The minimum atomic E-state index is -0.784. The van der Waals surface area contributed by atoms with Gasteiger partial charge in [-0.2, -0.15) is 4.73 Å². The Morgan fingerprint density at radius 3 is 2.86 bits per heavy atom. The molecule has 1 aromatic heterocycles. The van der Waals surface area contributed by atoms with Crippen molar-refractivity contribution in [1.82, 2.24) is 0 Å². The number of rotatable bonds is 5. The molecule has 76 valence electrons. The van der Waals surface area contributed by atoms with E-state index in [2.05, 4.69) is 0 Å². The van der Waals surface area contributed by atoms with Crippen LogP contribution in [0.1, 0.15) is 25.0 Å². The van der Waals surface area contributed by atoms with Crippen LogP contribution in [0.4, 0.5) is 0 Å². The summed E-state index contributed by atoms with van der Waals surface area (Å²) in [5, 5.41) is 19.5. The summed E-state index contributed by atoms with van der Waals surface area (Å²) in [6.07, 6.45) is 3.61. The summed E-state index contributed by atoms with van der Waals surface area (Å²) in [6.45, 7) is 0. The van der Waals surface area contributed by atoms with Gasteiger partial charge in [-0.1, -0.05) is 6.07 Å². The number of unbranched alkanes of at least 4 members (excludes halogenated alkanes) is 1. The monoisotopic (exact) mass is 195 g/mol. The Kier molecular flexibility index (Phi) is 3.91. The van der Waals surface area contributed by atoms with Crippen LogP contribution in [0.2, 0.25) is 0 Å². The molecule has 0 atom stereocenters. The van der Waals surface area contributed by atoms with Gasteiger partial charge in [0.25, 0.3) is 0 Å². The van der Waals surface area contributed by atoms with Gasteiger partial charge in [0.15, 0.2) is 11.9 Å². The Labute approximate surface area is 82.4 Å². The summed E-state index contributed by atoms with van der Waals surface area (Å²) in [5.74, 6) is -0.784. The summed E-state index contributed by atoms with van der Waals surface area (Å²) in [5.41, 5.74) is 0.692. The fraction of sp³-hybridized carbons (Fsp3) is 0.400. The molecule has 0 radical (unpaired) electrons. The van der Waals surface area contributed by atoms with Crippen LogP contribution in [-0.2, 0) is 11.2 Å². The molecule has 1 N–H and O–H groups in total. The van der Waals surface area contributed by atoms with Gasteiger partial charge in [0.05, 0.1) is 0 Å². The molecule has 1 aromatic rings. The number of carbonyl (C=O) groups is 1. The molecule has 0 aliphatic heterocycles. The Morgan fingerprint density at radius 2 is 2.21 bits per heavy atom. The van der Waals surface area contributed by atoms with Crippen molar-refractivity contribution in [2.24, 2.45) is 0 Å². The number of hydrogen-bond donors (Lipinski definition) is 1. The smallest absolute Gasteiger partial charge is 0.303 e. The fourth-order valence-corrected chi connectivity index (χ4v) is 1.24. The van der Waals surface area contributed by atoms with Crippen molar-refractivity contribution in [3.63, 3.8) is 0 Å². The predicted molar refractivity (Wildman–Crippen MR) is 50.6 cm³/mol. The first kappa shape index (κ1) is 10.5. The highest BCUT2D eigenvalue weighted by molar-refractivity contribution is 5.66. The minimum Gasteiger partial charge on any atom is -0.619 e. The van der Waals surface area contributed by atoms with Crippen LogP contribution in [0.3, 0.4) is 0 Å². The van der Waals surface area contributed by atoms with Gasteiger partial charge in [-0.3, -0.25) is 4.79 Å². The first-order valence-electron chi connectivity index (χ1n) is 4.59. The molecule has 14 heavy (non-hydrogen) atoms. The average molecular weight is 195 g/mol. The molecule has 1 heterocycles. The maximum absolute atomic E-state index is 11.1. The van der Waals surface area contributed by atoms with Crippen molar-refractivity contribution in [3.05, 3.63) is 35.3 Å². The first-order valence-corrected chi connectivity index (χ1v) is 4.59. The average Bonchev–Trinajstić information content (AvgIpc) is 2.15. The molecule has 0 fully saturated rings. The third-order valence-electron chi connectivity index (χ3n) is 1.98. The highest BCUT2D eigenvalue weighted by atomic mass is 16.5. The number of carboxylic acids is 1. The molecule has 0 saturated heterocycles. The van der Waals surface area contributed by atoms with E-state index in [9.17, 15) is 10.0 Å². The van der Waals surface area contributed by atoms with Gasteiger partial charge in [0.1, 0.15) is 0 Å². The molecule has 0 aromatic carbocycles. The minimum absolute atomic E-state index is 0.172. The molecule has 1 rings (SSSR count). The van der Waals surface area contributed by atoms with Crippen molar-refractivity contribution in [2.45, 2.75) is 25.7 Å². The summed E-state index contributed by atoms with van der Waals surface area (Å²) >= 11 is 0. The van der Waals surface area contributed by atoms with Gasteiger partial charge in [-0.15, -0.1) is 0 Å². The van der Waals surface area contributed by atoms with Gasteiger partial charge in [0.2, 0.25) is 0 Å². The molecular weight excluding hydrogens is 182 g/mol. The first-order chi connectivity index (χ1) is 6.70. The van der Waals surface area contributed by atoms with Crippen molar-refractivity contribution < 1.29 is 14.6 Å². The number of aliphatic carboxylic acids is 1. The molecule has 0 amide bonds. The van der Waals surface area contributed by atoms with Crippen molar-refractivity contribution >= 4 is 5.97 Å². The lowest BCUT2D eigenvalue weighted by atomic mass is 10.1. The fourth-order valence-electron chi connectivity index (χ4n) is 1.24. The van der Waals surface area contributed by atoms with E-state index in [0.29, 0.717) is 18.5 Å². The van der Waals surface area contributed by atoms with Crippen LogP contribution in [-0.4, -0.2) is 11.1 Å². The highest BCUT2D eigenvalue weighted by Crippen LogP contribution is 2.02. The maximum atomic E-state index is 11.1. The Bertz CT molecular complexity index is 312. The summed E-state index contributed by atoms with van der Waals surface area (Å²) in [4.78, 5) is 10.2. The van der Waals surface area contributed by atoms with Gasteiger partial charge >= 0.3 is 5.97 Å². The van der Waals surface area contributed by atoms with Crippen LogP contribution in [0.25, 0.3) is 0 Å². The zero-order valence-electron chi connectivity index (χ0n) is 7.85. The van der Waals surface area contributed by atoms with Crippen LogP contribution >= 0.6 is 0 Å². The van der Waals surface area contributed by atoms with E-state index in [1.165, 1.54) is 6.20 Å². The quantitative estimate of drug-likeness (QED) is 0.435. The zero-order chi connectivity index (χ0) is 10.4. The number of pyridine rings is 1. The summed E-state index contributed by atoms with van der Waals surface area (Å²) in [7, 11) is 0. The SMILES string of the molecule is O=C(O)CCCCc1cccc[n+]1[O-]. The molecule has 0 saturated carbocycles. The number of hydrogen-bond acceptors (Lipinski definition) is 2. The predicted octanol–water partition coefficient (Wildman–Crippen LogP) is 1.12. The van der Waals surface area contributed by atoms with Crippen molar-refractivity contribution in [3.8, 4) is 0 Å². The number of nitrogens with zero attached hydrogens (tertiary/aromatic N) is 1.